The minimum atomic E-state index is 0.597. The SMILES string of the molecule is CCn1cc(CN(CC2CCNCC2)C(C)C)cn1. The molecule has 0 bridgehead atoms. The Labute approximate surface area is 117 Å². The number of nitrogens with zero attached hydrogens (tertiary/aromatic N) is 3. The molecular formula is C15H28N4. The number of nitrogens with one attached hydrogen (secondary N) is 1. The lowest BCUT2D eigenvalue weighted by Gasteiger charge is -2.32. The van der Waals surface area contributed by atoms with Gasteiger partial charge < -0.3 is 5.32 Å². The van der Waals surface area contributed by atoms with E-state index in [4.69, 9.17) is 0 Å². The molecule has 0 atom stereocenters. The zero-order valence-electron chi connectivity index (χ0n) is 12.6. The largest absolute Gasteiger partial charge is 0.317 e. The predicted molar refractivity (Wildman–Crippen MR) is 79.0 cm³/mol. The molecule has 1 fully saturated rings. The fraction of sp³-hybridized carbons (Fsp3) is 0.800. The van der Waals surface area contributed by atoms with E-state index in [1.54, 1.807) is 0 Å². The lowest BCUT2D eigenvalue weighted by molar-refractivity contribution is 0.162. The Hall–Kier alpha value is -0.870. The summed E-state index contributed by atoms with van der Waals surface area (Å²) >= 11 is 0. The smallest absolute Gasteiger partial charge is 0.0534 e. The van der Waals surface area contributed by atoms with Crippen LogP contribution >= 0.6 is 0 Å². The highest BCUT2D eigenvalue weighted by Crippen LogP contribution is 2.17. The monoisotopic (exact) mass is 264 g/mol. The summed E-state index contributed by atoms with van der Waals surface area (Å²) in [5.74, 6) is 0.852. The standard InChI is InChI=1S/C15H28N4/c1-4-19-12-15(9-17-19)11-18(13(2)3)10-14-5-7-16-8-6-14/h9,12-14,16H,4-8,10-11H2,1-3H3. The molecule has 0 amide bonds. The van der Waals surface area contributed by atoms with E-state index in [1.807, 2.05) is 10.9 Å². The van der Waals surface area contributed by atoms with E-state index in [2.05, 4.69) is 42.3 Å². The molecule has 0 saturated carbocycles. The number of rotatable bonds is 6. The number of aryl methyl sites for hydroxylation is 1. The highest BCUT2D eigenvalue weighted by atomic mass is 15.3. The average molecular weight is 264 g/mol. The van der Waals surface area contributed by atoms with Crippen LogP contribution in [0.5, 0.6) is 0 Å². The van der Waals surface area contributed by atoms with Crippen molar-refractivity contribution in [1.29, 1.82) is 0 Å². The first-order valence-electron chi connectivity index (χ1n) is 7.65. The quantitative estimate of drug-likeness (QED) is 0.854. The maximum Gasteiger partial charge on any atom is 0.0534 e. The maximum absolute atomic E-state index is 4.37. The number of piperidine rings is 1. The molecule has 108 valence electrons. The van der Waals surface area contributed by atoms with Crippen LogP contribution in [0, 0.1) is 5.92 Å². The third-order valence-electron chi connectivity index (χ3n) is 4.08. The highest BCUT2D eigenvalue weighted by Gasteiger charge is 2.19. The zero-order chi connectivity index (χ0) is 13.7. The third kappa shape index (κ3) is 4.32. The Balaban J connectivity index is 1.91. The second-order valence-corrected chi connectivity index (χ2v) is 5.92. The molecule has 0 aromatic carbocycles. The second kappa shape index (κ2) is 7.06. The van der Waals surface area contributed by atoms with Gasteiger partial charge in [0, 0.05) is 37.4 Å². The maximum atomic E-state index is 4.37. The first kappa shape index (κ1) is 14.5. The summed E-state index contributed by atoms with van der Waals surface area (Å²) in [6.45, 7) is 12.3. The van der Waals surface area contributed by atoms with Crippen LogP contribution in [0.4, 0.5) is 0 Å². The molecule has 1 aliphatic rings. The zero-order valence-corrected chi connectivity index (χ0v) is 12.6. The summed E-state index contributed by atoms with van der Waals surface area (Å²) in [5, 5.41) is 7.82. The van der Waals surface area contributed by atoms with Crippen LogP contribution in [0.1, 0.15) is 39.2 Å². The van der Waals surface area contributed by atoms with E-state index in [0.29, 0.717) is 6.04 Å². The Morgan fingerprint density at radius 1 is 1.42 bits per heavy atom. The average Bonchev–Trinajstić information content (AvgIpc) is 2.87. The van der Waals surface area contributed by atoms with Crippen molar-refractivity contribution in [2.45, 2.75) is 52.7 Å². The highest BCUT2D eigenvalue weighted by molar-refractivity contribution is 5.04. The van der Waals surface area contributed by atoms with Gasteiger partial charge in [-0.15, -0.1) is 0 Å². The van der Waals surface area contributed by atoms with Crippen molar-refractivity contribution in [2.24, 2.45) is 5.92 Å². The molecule has 2 rings (SSSR count). The normalized spacial score (nSPS) is 17.5. The van der Waals surface area contributed by atoms with E-state index >= 15 is 0 Å². The fourth-order valence-corrected chi connectivity index (χ4v) is 2.75. The van der Waals surface area contributed by atoms with E-state index in [0.717, 1.165) is 19.0 Å². The Morgan fingerprint density at radius 2 is 2.16 bits per heavy atom. The van der Waals surface area contributed by atoms with Crippen LogP contribution < -0.4 is 5.32 Å². The van der Waals surface area contributed by atoms with E-state index in [9.17, 15) is 0 Å². The summed E-state index contributed by atoms with van der Waals surface area (Å²) in [6, 6.07) is 0.597. The van der Waals surface area contributed by atoms with Gasteiger partial charge in [-0.1, -0.05) is 0 Å². The van der Waals surface area contributed by atoms with Crippen molar-refractivity contribution < 1.29 is 0 Å². The Bertz CT molecular complexity index is 366. The van der Waals surface area contributed by atoms with Crippen molar-refractivity contribution in [3.63, 3.8) is 0 Å². The van der Waals surface area contributed by atoms with Gasteiger partial charge in [0.05, 0.1) is 6.20 Å². The minimum absolute atomic E-state index is 0.597. The Morgan fingerprint density at radius 3 is 2.74 bits per heavy atom. The topological polar surface area (TPSA) is 33.1 Å². The van der Waals surface area contributed by atoms with Gasteiger partial charge in [0.15, 0.2) is 0 Å². The van der Waals surface area contributed by atoms with Gasteiger partial charge in [-0.05, 0) is 52.6 Å². The molecule has 1 aromatic heterocycles. The van der Waals surface area contributed by atoms with Crippen LogP contribution in [0.25, 0.3) is 0 Å². The van der Waals surface area contributed by atoms with Crippen molar-refractivity contribution >= 4 is 0 Å². The molecular weight excluding hydrogens is 236 g/mol. The molecule has 0 unspecified atom stereocenters. The summed E-state index contributed by atoms with van der Waals surface area (Å²) in [5.41, 5.74) is 1.34. The van der Waals surface area contributed by atoms with Gasteiger partial charge >= 0.3 is 0 Å². The van der Waals surface area contributed by atoms with Crippen LogP contribution in [-0.2, 0) is 13.1 Å². The molecule has 1 N–H and O–H groups in total. The van der Waals surface area contributed by atoms with Crippen LogP contribution in [0.15, 0.2) is 12.4 Å². The molecule has 1 saturated heterocycles. The van der Waals surface area contributed by atoms with Gasteiger partial charge in [-0.3, -0.25) is 9.58 Å². The van der Waals surface area contributed by atoms with E-state index in [1.165, 1.54) is 38.0 Å². The van der Waals surface area contributed by atoms with Crippen molar-refractivity contribution in [3.8, 4) is 0 Å². The minimum Gasteiger partial charge on any atom is -0.317 e. The molecule has 19 heavy (non-hydrogen) atoms. The summed E-state index contributed by atoms with van der Waals surface area (Å²) in [6.07, 6.45) is 6.83. The second-order valence-electron chi connectivity index (χ2n) is 5.92. The fourth-order valence-electron chi connectivity index (χ4n) is 2.75. The van der Waals surface area contributed by atoms with Crippen LogP contribution in [0.3, 0.4) is 0 Å². The predicted octanol–water partition coefficient (Wildman–Crippen LogP) is 2.11. The van der Waals surface area contributed by atoms with Gasteiger partial charge in [0.2, 0.25) is 0 Å². The van der Waals surface area contributed by atoms with Crippen molar-refractivity contribution in [3.05, 3.63) is 18.0 Å². The number of hydrogen-bond acceptors (Lipinski definition) is 3. The third-order valence-corrected chi connectivity index (χ3v) is 4.08. The van der Waals surface area contributed by atoms with Crippen molar-refractivity contribution in [2.75, 3.05) is 19.6 Å². The summed E-state index contributed by atoms with van der Waals surface area (Å²) < 4.78 is 2.01. The number of aromatic nitrogens is 2. The lowest BCUT2D eigenvalue weighted by atomic mass is 9.97. The molecule has 1 aliphatic heterocycles. The molecule has 0 aliphatic carbocycles. The Kier molecular flexibility index (Phi) is 5.40. The van der Waals surface area contributed by atoms with Crippen LogP contribution in [0.2, 0.25) is 0 Å². The summed E-state index contributed by atoms with van der Waals surface area (Å²) in [4.78, 5) is 2.59. The van der Waals surface area contributed by atoms with Gasteiger partial charge in [-0.25, -0.2) is 0 Å². The van der Waals surface area contributed by atoms with Crippen molar-refractivity contribution in [1.82, 2.24) is 20.0 Å². The van der Waals surface area contributed by atoms with Gasteiger partial charge in [0.1, 0.15) is 0 Å². The first-order valence-corrected chi connectivity index (χ1v) is 7.65. The number of hydrogen-bond donors (Lipinski definition) is 1. The molecule has 0 spiro atoms. The molecule has 1 aromatic rings. The van der Waals surface area contributed by atoms with Crippen LogP contribution in [-0.4, -0.2) is 40.4 Å². The molecule has 4 heteroatoms. The van der Waals surface area contributed by atoms with Gasteiger partial charge in [-0.2, -0.15) is 5.10 Å². The first-order chi connectivity index (χ1) is 9.19. The van der Waals surface area contributed by atoms with E-state index < -0.39 is 0 Å². The molecule has 2 heterocycles. The molecule has 0 radical (unpaired) electrons. The van der Waals surface area contributed by atoms with E-state index in [-0.39, 0.29) is 0 Å². The lowest BCUT2D eigenvalue weighted by Crippen LogP contribution is -2.39. The summed E-state index contributed by atoms with van der Waals surface area (Å²) in [7, 11) is 0. The van der Waals surface area contributed by atoms with Gasteiger partial charge in [0.25, 0.3) is 0 Å². The molecule has 4 nitrogen and oxygen atoms in total.